The molecule has 49 heavy (non-hydrogen) atoms. The predicted molar refractivity (Wildman–Crippen MR) is 206 cm³/mol. The van der Waals surface area contributed by atoms with Crippen molar-refractivity contribution in [1.29, 1.82) is 0 Å². The highest BCUT2D eigenvalue weighted by molar-refractivity contribution is 5.71. The molecule has 0 radical (unpaired) electrons. The van der Waals surface area contributed by atoms with Crippen LogP contribution in [0.4, 0.5) is 0 Å². The Balaban J connectivity index is 4.27. The van der Waals surface area contributed by atoms with Gasteiger partial charge in [-0.2, -0.15) is 0 Å². The molecule has 6 heteroatoms. The molecule has 0 aromatic heterocycles. The van der Waals surface area contributed by atoms with Crippen molar-refractivity contribution in [3.05, 3.63) is 0 Å². The molecule has 0 unspecified atom stereocenters. The Kier molecular flexibility index (Phi) is 35.0. The number of unbranched alkanes of at least 4 members (excludes halogenated alkanes) is 22. The minimum Gasteiger partial charge on any atom is -0.462 e. The highest BCUT2D eigenvalue weighted by Crippen LogP contribution is 2.16. The number of hydrogen-bond donors (Lipinski definition) is 0. The molecule has 0 aliphatic carbocycles. The lowest BCUT2D eigenvalue weighted by atomic mass is 10.0. The van der Waals surface area contributed by atoms with Crippen LogP contribution in [0.5, 0.6) is 0 Å². The Labute approximate surface area is 304 Å². The van der Waals surface area contributed by atoms with E-state index >= 15 is 0 Å². The highest BCUT2D eigenvalue weighted by Gasteiger charge is 2.19. The number of carbonyl (C=O) groups is 3. The summed E-state index contributed by atoms with van der Waals surface area (Å²) < 4.78 is 16.6. The van der Waals surface area contributed by atoms with Gasteiger partial charge < -0.3 is 14.2 Å². The number of rotatable bonds is 37. The molecule has 0 fully saturated rings. The van der Waals surface area contributed by atoms with Crippen LogP contribution in [0.15, 0.2) is 0 Å². The number of carbonyl (C=O) groups excluding carboxylic acids is 3. The van der Waals surface area contributed by atoms with Crippen LogP contribution in [-0.4, -0.2) is 37.2 Å². The lowest BCUT2D eigenvalue weighted by Crippen LogP contribution is -2.30. The monoisotopic (exact) mass is 695 g/mol. The molecule has 0 spiro atoms. The molecule has 1 atom stereocenters. The van der Waals surface area contributed by atoms with Crippen LogP contribution in [0.25, 0.3) is 0 Å². The zero-order chi connectivity index (χ0) is 36.2. The summed E-state index contributed by atoms with van der Waals surface area (Å²) in [5, 5.41) is 0. The first kappa shape index (κ1) is 47.4. The van der Waals surface area contributed by atoms with Gasteiger partial charge in [0.1, 0.15) is 13.2 Å². The van der Waals surface area contributed by atoms with Crippen molar-refractivity contribution in [3.8, 4) is 0 Å². The molecule has 0 N–H and O–H groups in total. The third-order valence-electron chi connectivity index (χ3n) is 9.47. The van der Waals surface area contributed by atoms with Crippen molar-refractivity contribution >= 4 is 17.9 Å². The van der Waals surface area contributed by atoms with Crippen LogP contribution in [0, 0.1) is 11.8 Å². The van der Waals surface area contributed by atoms with Crippen molar-refractivity contribution < 1.29 is 28.6 Å². The van der Waals surface area contributed by atoms with Crippen molar-refractivity contribution in [2.45, 2.75) is 233 Å². The first-order chi connectivity index (χ1) is 23.7. The zero-order valence-corrected chi connectivity index (χ0v) is 33.3. The summed E-state index contributed by atoms with van der Waals surface area (Å²) in [5.41, 5.74) is 0. The minimum absolute atomic E-state index is 0.0663. The average molecular weight is 695 g/mol. The molecule has 0 aromatic carbocycles. The lowest BCUT2D eigenvalue weighted by Gasteiger charge is -2.18. The lowest BCUT2D eigenvalue weighted by molar-refractivity contribution is -0.167. The van der Waals surface area contributed by atoms with E-state index in [1.165, 1.54) is 116 Å². The molecule has 0 bridgehead atoms. The van der Waals surface area contributed by atoms with Gasteiger partial charge >= 0.3 is 17.9 Å². The molecular formula is C43H82O6. The Morgan fingerprint density at radius 3 is 1.00 bits per heavy atom. The Morgan fingerprint density at radius 1 is 0.388 bits per heavy atom. The predicted octanol–water partition coefficient (Wildman–Crippen LogP) is 13.0. The smallest absolute Gasteiger partial charge is 0.306 e. The summed E-state index contributed by atoms with van der Waals surface area (Å²) >= 11 is 0. The summed E-state index contributed by atoms with van der Waals surface area (Å²) in [7, 11) is 0. The average Bonchev–Trinajstić information content (AvgIpc) is 3.06. The number of hydrogen-bond acceptors (Lipinski definition) is 6. The van der Waals surface area contributed by atoms with Gasteiger partial charge in [0.25, 0.3) is 0 Å². The second-order valence-electron chi connectivity index (χ2n) is 15.6. The van der Waals surface area contributed by atoms with E-state index < -0.39 is 6.10 Å². The Morgan fingerprint density at radius 2 is 0.673 bits per heavy atom. The second-order valence-corrected chi connectivity index (χ2v) is 15.6. The SMILES string of the molecule is CCCCCCCCCC(=O)O[C@@H](COC(=O)CCCCCCCCCCCCC(C)C)COC(=O)CCCCCCCCCCC(C)C. The van der Waals surface area contributed by atoms with Crippen LogP contribution in [0.3, 0.4) is 0 Å². The van der Waals surface area contributed by atoms with Crippen LogP contribution in [-0.2, 0) is 28.6 Å². The fraction of sp³-hybridized carbons (Fsp3) is 0.930. The molecule has 6 nitrogen and oxygen atoms in total. The van der Waals surface area contributed by atoms with Gasteiger partial charge in [-0.15, -0.1) is 0 Å². The summed E-state index contributed by atoms with van der Waals surface area (Å²) in [6.07, 6.45) is 32.5. The Bertz CT molecular complexity index is 749. The van der Waals surface area contributed by atoms with Crippen molar-refractivity contribution in [2.24, 2.45) is 11.8 Å². The molecule has 0 aromatic rings. The van der Waals surface area contributed by atoms with E-state index in [4.69, 9.17) is 14.2 Å². The molecule has 0 heterocycles. The standard InChI is InChI=1S/C43H82O6/c1-6-7-8-9-16-25-30-35-43(46)49-40(37-48-42(45)34-29-24-20-15-14-18-22-27-32-39(4)5)36-47-41(44)33-28-23-19-13-11-10-12-17-21-26-31-38(2)3/h38-40H,6-37H2,1-5H3/t40-/m0/s1. The summed E-state index contributed by atoms with van der Waals surface area (Å²) in [6, 6.07) is 0. The van der Waals surface area contributed by atoms with Gasteiger partial charge in [-0.3, -0.25) is 14.4 Å². The van der Waals surface area contributed by atoms with E-state index in [2.05, 4.69) is 34.6 Å². The highest BCUT2D eigenvalue weighted by atomic mass is 16.6. The van der Waals surface area contributed by atoms with E-state index in [1.54, 1.807) is 0 Å². The van der Waals surface area contributed by atoms with Crippen molar-refractivity contribution in [2.75, 3.05) is 13.2 Å². The zero-order valence-electron chi connectivity index (χ0n) is 33.3. The fourth-order valence-corrected chi connectivity index (χ4v) is 6.22. The van der Waals surface area contributed by atoms with E-state index in [-0.39, 0.29) is 31.1 Å². The first-order valence-corrected chi connectivity index (χ1v) is 21.2. The maximum Gasteiger partial charge on any atom is 0.306 e. The van der Waals surface area contributed by atoms with Gasteiger partial charge in [0.05, 0.1) is 0 Å². The molecule has 0 rings (SSSR count). The van der Waals surface area contributed by atoms with Gasteiger partial charge in [-0.1, -0.05) is 189 Å². The van der Waals surface area contributed by atoms with Crippen LogP contribution in [0.1, 0.15) is 227 Å². The quantitative estimate of drug-likeness (QED) is 0.0366. The molecule has 0 aliphatic rings. The maximum absolute atomic E-state index is 12.6. The third kappa shape index (κ3) is 37.5. The van der Waals surface area contributed by atoms with Crippen LogP contribution < -0.4 is 0 Å². The number of esters is 3. The maximum atomic E-state index is 12.6. The van der Waals surface area contributed by atoms with Crippen molar-refractivity contribution in [1.82, 2.24) is 0 Å². The normalized spacial score (nSPS) is 12.1. The van der Waals surface area contributed by atoms with Crippen molar-refractivity contribution in [3.63, 3.8) is 0 Å². The molecular weight excluding hydrogens is 612 g/mol. The van der Waals surface area contributed by atoms with Crippen LogP contribution >= 0.6 is 0 Å². The van der Waals surface area contributed by atoms with Gasteiger partial charge in [-0.25, -0.2) is 0 Å². The van der Waals surface area contributed by atoms with E-state index in [0.717, 1.165) is 69.6 Å². The fourth-order valence-electron chi connectivity index (χ4n) is 6.22. The molecule has 0 saturated heterocycles. The third-order valence-corrected chi connectivity index (χ3v) is 9.47. The summed E-state index contributed by atoms with van der Waals surface area (Å²) in [6.45, 7) is 11.2. The van der Waals surface area contributed by atoms with E-state index in [0.29, 0.717) is 19.3 Å². The topological polar surface area (TPSA) is 78.9 Å². The Hall–Kier alpha value is -1.59. The first-order valence-electron chi connectivity index (χ1n) is 21.2. The summed E-state index contributed by atoms with van der Waals surface area (Å²) in [5.74, 6) is 0.745. The summed E-state index contributed by atoms with van der Waals surface area (Å²) in [4.78, 5) is 37.5. The second kappa shape index (κ2) is 36.2. The van der Waals surface area contributed by atoms with Crippen LogP contribution in [0.2, 0.25) is 0 Å². The van der Waals surface area contributed by atoms with Gasteiger partial charge in [0, 0.05) is 19.3 Å². The molecule has 290 valence electrons. The number of ether oxygens (including phenoxy) is 3. The van der Waals surface area contributed by atoms with Gasteiger partial charge in [0.2, 0.25) is 0 Å². The van der Waals surface area contributed by atoms with Gasteiger partial charge in [-0.05, 0) is 31.1 Å². The molecule has 0 saturated carbocycles. The molecule has 0 amide bonds. The molecule has 0 aliphatic heterocycles. The van der Waals surface area contributed by atoms with E-state index in [1.807, 2.05) is 0 Å². The van der Waals surface area contributed by atoms with E-state index in [9.17, 15) is 14.4 Å². The van der Waals surface area contributed by atoms with Gasteiger partial charge in [0.15, 0.2) is 6.10 Å². The minimum atomic E-state index is -0.758. The largest absolute Gasteiger partial charge is 0.462 e.